The van der Waals surface area contributed by atoms with Crippen molar-refractivity contribution in [2.75, 3.05) is 38.3 Å². The van der Waals surface area contributed by atoms with Crippen LogP contribution in [0.5, 0.6) is 5.75 Å². The van der Waals surface area contributed by atoms with E-state index < -0.39 is 23.7 Å². The number of carbonyl (C=O) groups is 1. The van der Waals surface area contributed by atoms with Crippen LogP contribution in [0.2, 0.25) is 0 Å². The van der Waals surface area contributed by atoms with Crippen LogP contribution in [0.4, 0.5) is 14.6 Å². The van der Waals surface area contributed by atoms with Crippen molar-refractivity contribution in [2.45, 2.75) is 52.5 Å². The number of nitriles is 1. The Balaban J connectivity index is 0.00000242. The minimum absolute atomic E-state index is 0.0119. The summed E-state index contributed by atoms with van der Waals surface area (Å²) in [6, 6.07) is 7.83. The van der Waals surface area contributed by atoms with Crippen molar-refractivity contribution in [2.24, 2.45) is 0 Å². The summed E-state index contributed by atoms with van der Waals surface area (Å²) in [5, 5.41) is 19.3. The lowest BCUT2D eigenvalue weighted by molar-refractivity contribution is -0.132. The van der Waals surface area contributed by atoms with Gasteiger partial charge in [-0.25, -0.2) is 13.8 Å². The molecule has 0 aliphatic carbocycles. The van der Waals surface area contributed by atoms with E-state index in [9.17, 15) is 8.78 Å². The quantitative estimate of drug-likeness (QED) is 0.230. The second kappa shape index (κ2) is 17.7. The van der Waals surface area contributed by atoms with Crippen molar-refractivity contribution in [3.05, 3.63) is 53.2 Å². The van der Waals surface area contributed by atoms with E-state index in [0.717, 1.165) is 0 Å². The Morgan fingerprint density at radius 3 is 2.38 bits per heavy atom. The molecule has 1 aromatic heterocycles. The Morgan fingerprint density at radius 2 is 1.87 bits per heavy atom. The van der Waals surface area contributed by atoms with E-state index in [2.05, 4.69) is 42.9 Å². The number of anilines is 1. The fourth-order valence-corrected chi connectivity index (χ4v) is 3.25. The average molecular weight is 547 g/mol. The summed E-state index contributed by atoms with van der Waals surface area (Å²) in [6.45, 7) is 9.63. The largest absolute Gasteiger partial charge is 0.491 e. The lowest BCUT2D eigenvalue weighted by Crippen LogP contribution is -2.35. The van der Waals surface area contributed by atoms with Gasteiger partial charge in [0.15, 0.2) is 23.7 Å². The molecule has 9 nitrogen and oxygen atoms in total. The molecule has 2 N–H and O–H groups in total. The van der Waals surface area contributed by atoms with Crippen LogP contribution in [0, 0.1) is 34.8 Å². The number of benzene rings is 1. The van der Waals surface area contributed by atoms with Crippen LogP contribution in [-0.2, 0) is 20.8 Å². The van der Waals surface area contributed by atoms with Gasteiger partial charge in [-0.05, 0) is 57.5 Å². The minimum Gasteiger partial charge on any atom is -0.491 e. The zero-order chi connectivity index (χ0) is 29.3. The van der Waals surface area contributed by atoms with Crippen LogP contribution in [-0.4, -0.2) is 61.8 Å². The van der Waals surface area contributed by atoms with Gasteiger partial charge >= 0.3 is 0 Å². The third kappa shape index (κ3) is 13.0. The first-order chi connectivity index (χ1) is 18.6. The van der Waals surface area contributed by atoms with Crippen molar-refractivity contribution in [3.8, 4) is 23.7 Å². The Morgan fingerprint density at radius 1 is 1.21 bits per heavy atom. The molecule has 2 aromatic rings. The summed E-state index contributed by atoms with van der Waals surface area (Å²) in [5.74, 6) is 4.56. The molecule has 11 heteroatoms. The number of hydrogen-bond donors (Lipinski definition) is 2. The normalized spacial score (nSPS) is 11.2. The SMILES string of the molecule is CCOC(CCN(Cc1cc(F)c(OC)c(F)c1)c1ccc(C#N)cn1)OCC#CCNC(C)(C)C.O=CO. The number of carboxylic acid groups (broad SMARTS) is 1. The highest BCUT2D eigenvalue weighted by molar-refractivity contribution is 5.43. The minimum atomic E-state index is -0.782. The number of methoxy groups -OCH3 is 1. The van der Waals surface area contributed by atoms with E-state index in [1.165, 1.54) is 25.4 Å². The number of halogens is 2. The van der Waals surface area contributed by atoms with Crippen LogP contribution in [0.3, 0.4) is 0 Å². The van der Waals surface area contributed by atoms with Gasteiger partial charge in [0.2, 0.25) is 0 Å². The third-order valence-corrected chi connectivity index (χ3v) is 5.00. The molecule has 0 radical (unpaired) electrons. The van der Waals surface area contributed by atoms with Crippen molar-refractivity contribution in [1.82, 2.24) is 10.3 Å². The Labute approximate surface area is 228 Å². The fraction of sp³-hybridized carbons (Fsp3) is 0.464. The molecule has 0 fully saturated rings. The van der Waals surface area contributed by atoms with E-state index in [1.807, 2.05) is 17.9 Å². The highest BCUT2D eigenvalue weighted by Crippen LogP contribution is 2.25. The molecule has 0 spiro atoms. The topological polar surface area (TPSA) is 117 Å². The van der Waals surface area contributed by atoms with Crippen LogP contribution in [0.1, 0.15) is 45.2 Å². The van der Waals surface area contributed by atoms with Gasteiger partial charge in [-0.2, -0.15) is 5.26 Å². The highest BCUT2D eigenvalue weighted by atomic mass is 19.1. The molecule has 1 aromatic carbocycles. The highest BCUT2D eigenvalue weighted by Gasteiger charge is 2.17. The zero-order valence-electron chi connectivity index (χ0n) is 23.0. The number of ether oxygens (including phenoxy) is 3. The maximum atomic E-state index is 14.3. The molecule has 1 heterocycles. The van der Waals surface area contributed by atoms with E-state index >= 15 is 0 Å². The first-order valence-corrected chi connectivity index (χ1v) is 12.2. The summed E-state index contributed by atoms with van der Waals surface area (Å²) < 4.78 is 44.8. The second-order valence-corrected chi connectivity index (χ2v) is 9.08. The number of hydrogen-bond acceptors (Lipinski definition) is 8. The van der Waals surface area contributed by atoms with Crippen molar-refractivity contribution < 1.29 is 32.9 Å². The molecule has 2 rings (SSSR count). The van der Waals surface area contributed by atoms with E-state index in [4.69, 9.17) is 29.4 Å². The average Bonchev–Trinajstić information content (AvgIpc) is 2.88. The fourth-order valence-electron chi connectivity index (χ4n) is 3.25. The van der Waals surface area contributed by atoms with Crippen molar-refractivity contribution in [3.63, 3.8) is 0 Å². The van der Waals surface area contributed by atoms with Crippen LogP contribution >= 0.6 is 0 Å². The Hall–Kier alpha value is -3.77. The second-order valence-electron chi connectivity index (χ2n) is 9.08. The summed E-state index contributed by atoms with van der Waals surface area (Å²) in [6.07, 6.45) is 1.39. The first kappa shape index (κ1) is 33.3. The first-order valence-electron chi connectivity index (χ1n) is 12.2. The van der Waals surface area contributed by atoms with Crippen LogP contribution in [0.25, 0.3) is 0 Å². The maximum Gasteiger partial charge on any atom is 0.290 e. The number of aromatic nitrogens is 1. The maximum absolute atomic E-state index is 14.3. The van der Waals surface area contributed by atoms with Crippen molar-refractivity contribution in [1.29, 1.82) is 5.26 Å². The van der Waals surface area contributed by atoms with Crippen molar-refractivity contribution >= 4 is 12.3 Å². The molecular formula is C28H36F2N4O5. The molecule has 0 bridgehead atoms. The molecule has 0 aliphatic heterocycles. The van der Waals surface area contributed by atoms with Crippen LogP contribution in [0.15, 0.2) is 30.5 Å². The zero-order valence-corrected chi connectivity index (χ0v) is 23.0. The summed E-state index contributed by atoms with van der Waals surface area (Å²) in [7, 11) is 1.22. The molecule has 0 amide bonds. The molecule has 1 atom stereocenters. The number of nitrogens with one attached hydrogen (secondary N) is 1. The Kier molecular flexibility index (Phi) is 15.1. The predicted molar refractivity (Wildman–Crippen MR) is 143 cm³/mol. The molecule has 39 heavy (non-hydrogen) atoms. The molecule has 0 aliphatic rings. The van der Waals surface area contributed by atoms with E-state index in [-0.39, 0.29) is 25.2 Å². The lowest BCUT2D eigenvalue weighted by atomic mass is 10.1. The molecule has 0 saturated heterocycles. The number of pyridine rings is 1. The Bertz CT molecular complexity index is 1100. The van der Waals surface area contributed by atoms with Gasteiger partial charge in [-0.15, -0.1) is 0 Å². The van der Waals surface area contributed by atoms with Gasteiger partial charge in [0.25, 0.3) is 6.47 Å². The predicted octanol–water partition coefficient (Wildman–Crippen LogP) is 4.11. The monoisotopic (exact) mass is 546 g/mol. The van der Waals surface area contributed by atoms with Gasteiger partial charge in [-0.3, -0.25) is 4.79 Å². The standard InChI is InChI=1S/C27H34F2N4O3.CH2O2/c1-6-35-25(36-14-8-7-12-32-27(2,3)4)11-13-33(24-10-9-20(17-30)18-31-24)19-21-15-22(28)26(34-5)23(29)16-21;2-1-3/h9-10,15-16,18,25,32H,6,11-14,19H2,1-5H3;1H,(H,2,3). The van der Waals surface area contributed by atoms with Gasteiger partial charge in [0.05, 0.1) is 19.2 Å². The van der Waals surface area contributed by atoms with Gasteiger partial charge in [0.1, 0.15) is 18.5 Å². The molecule has 1 unspecified atom stereocenters. The summed E-state index contributed by atoms with van der Waals surface area (Å²) in [5.41, 5.74) is 0.806. The summed E-state index contributed by atoms with van der Waals surface area (Å²) >= 11 is 0. The molecular weight excluding hydrogens is 510 g/mol. The summed E-state index contributed by atoms with van der Waals surface area (Å²) in [4.78, 5) is 14.5. The van der Waals surface area contributed by atoms with Gasteiger partial charge < -0.3 is 29.5 Å². The molecule has 0 saturated carbocycles. The van der Waals surface area contributed by atoms with E-state index in [1.54, 1.807) is 12.1 Å². The molecule has 212 valence electrons. The number of rotatable bonds is 12. The van der Waals surface area contributed by atoms with E-state index in [0.29, 0.717) is 43.1 Å². The lowest BCUT2D eigenvalue weighted by Gasteiger charge is -2.26. The van der Waals surface area contributed by atoms with Gasteiger partial charge in [0, 0.05) is 37.9 Å². The van der Waals surface area contributed by atoms with Gasteiger partial charge in [-0.1, -0.05) is 11.8 Å². The number of nitrogens with zero attached hydrogens (tertiary/aromatic N) is 3. The third-order valence-electron chi connectivity index (χ3n) is 5.00. The van der Waals surface area contributed by atoms with Crippen LogP contribution < -0.4 is 15.0 Å². The smallest absolute Gasteiger partial charge is 0.290 e.